The molecule has 1 amide bonds. The van der Waals surface area contributed by atoms with Crippen molar-refractivity contribution in [3.63, 3.8) is 0 Å². The zero-order valence-corrected chi connectivity index (χ0v) is 19.8. The molecule has 4 rings (SSSR count). The van der Waals surface area contributed by atoms with Crippen molar-refractivity contribution in [3.8, 4) is 5.75 Å². The lowest BCUT2D eigenvalue weighted by molar-refractivity contribution is 0.0968. The maximum absolute atomic E-state index is 13.3. The van der Waals surface area contributed by atoms with Gasteiger partial charge in [0.05, 0.1) is 12.6 Å². The Kier molecular flexibility index (Phi) is 7.24. The first-order valence-corrected chi connectivity index (χ1v) is 12.7. The maximum atomic E-state index is 13.3. The van der Waals surface area contributed by atoms with Crippen molar-refractivity contribution >= 4 is 40.7 Å². The summed E-state index contributed by atoms with van der Waals surface area (Å²) in [6.07, 6.45) is 0. The standard InChI is InChI=1S/C28H23ClNO2P/c1-32-23-19-17-22(18-20-23)28(31)30-27(21-29)33(24-11-5-2-6-12-24,25-13-7-3-8-14-25)26-15-9-4-10-16-26/h2-21H,1H3/p+1. The third-order valence-electron chi connectivity index (χ3n) is 5.49. The lowest BCUT2D eigenvalue weighted by Crippen LogP contribution is -2.38. The molecule has 0 aromatic heterocycles. The summed E-state index contributed by atoms with van der Waals surface area (Å²) in [6, 6.07) is 37.8. The highest BCUT2D eigenvalue weighted by atomic mass is 35.5. The molecule has 164 valence electrons. The molecule has 0 saturated heterocycles. The van der Waals surface area contributed by atoms with Gasteiger partial charge in [0.2, 0.25) is 0 Å². The minimum absolute atomic E-state index is 0.225. The summed E-state index contributed by atoms with van der Waals surface area (Å²) >= 11 is 6.51. The Morgan fingerprint density at radius 1 is 0.727 bits per heavy atom. The zero-order chi connectivity index (χ0) is 23.1. The quantitative estimate of drug-likeness (QED) is 0.363. The van der Waals surface area contributed by atoms with E-state index in [1.165, 1.54) is 5.54 Å². The van der Waals surface area contributed by atoms with E-state index in [0.717, 1.165) is 15.9 Å². The molecule has 0 bridgehead atoms. The second kappa shape index (κ2) is 10.5. The number of ether oxygens (including phenoxy) is 1. The topological polar surface area (TPSA) is 38.3 Å². The first-order chi connectivity index (χ1) is 16.2. The number of hydrogen-bond donors (Lipinski definition) is 1. The summed E-state index contributed by atoms with van der Waals surface area (Å²) in [5.74, 6) is 0.469. The van der Waals surface area contributed by atoms with Crippen molar-refractivity contribution in [2.24, 2.45) is 0 Å². The Morgan fingerprint density at radius 3 is 1.52 bits per heavy atom. The van der Waals surface area contributed by atoms with Crippen LogP contribution in [-0.2, 0) is 0 Å². The number of benzene rings is 4. The molecule has 0 spiro atoms. The second-order valence-electron chi connectivity index (χ2n) is 7.35. The van der Waals surface area contributed by atoms with E-state index in [2.05, 4.69) is 41.7 Å². The van der Waals surface area contributed by atoms with Gasteiger partial charge < -0.3 is 4.74 Å². The van der Waals surface area contributed by atoms with Gasteiger partial charge in [-0.3, -0.25) is 10.1 Å². The molecule has 0 unspecified atom stereocenters. The molecule has 1 N–H and O–H groups in total. The average molecular weight is 473 g/mol. The van der Waals surface area contributed by atoms with E-state index in [4.69, 9.17) is 16.3 Å². The molecule has 4 aromatic rings. The number of carbonyl (C=O) groups excluding carboxylic acids is 1. The molecule has 0 radical (unpaired) electrons. The highest BCUT2D eigenvalue weighted by Gasteiger charge is 2.50. The Hall–Kier alpha value is -3.39. The van der Waals surface area contributed by atoms with Gasteiger partial charge in [-0.2, -0.15) is 0 Å². The fourth-order valence-electron chi connectivity index (χ4n) is 3.93. The SMILES string of the molecule is COc1ccc(C(=O)NC(=CCl)[P+](c2ccccc2)(c2ccccc2)c2ccccc2)cc1. The van der Waals surface area contributed by atoms with Crippen LogP contribution in [0.3, 0.4) is 0 Å². The lowest BCUT2D eigenvalue weighted by Gasteiger charge is -2.29. The fraction of sp³-hybridized carbons (Fsp3) is 0.0357. The van der Waals surface area contributed by atoms with E-state index >= 15 is 0 Å². The Balaban J connectivity index is 1.90. The Bertz CT molecular complexity index is 1130. The third-order valence-corrected chi connectivity index (χ3v) is 10.0. The van der Waals surface area contributed by atoms with Crippen LogP contribution in [0, 0.1) is 0 Å². The second-order valence-corrected chi connectivity index (χ2v) is 10.9. The van der Waals surface area contributed by atoms with Crippen LogP contribution in [0.2, 0.25) is 0 Å². The van der Waals surface area contributed by atoms with Crippen molar-refractivity contribution in [2.45, 2.75) is 0 Å². The molecule has 0 aliphatic rings. The Labute approximate surface area is 200 Å². The number of amides is 1. The van der Waals surface area contributed by atoms with E-state index in [1.54, 1.807) is 31.4 Å². The van der Waals surface area contributed by atoms with Gasteiger partial charge in [0.25, 0.3) is 5.91 Å². The predicted molar refractivity (Wildman–Crippen MR) is 140 cm³/mol. The molecular weight excluding hydrogens is 449 g/mol. The Morgan fingerprint density at radius 2 is 1.15 bits per heavy atom. The van der Waals surface area contributed by atoms with E-state index in [1.807, 2.05) is 54.6 Å². The molecule has 0 saturated carbocycles. The van der Waals surface area contributed by atoms with E-state index < -0.39 is 7.26 Å². The third kappa shape index (κ3) is 4.57. The molecule has 0 aliphatic carbocycles. The van der Waals surface area contributed by atoms with Crippen LogP contribution in [0.1, 0.15) is 10.4 Å². The van der Waals surface area contributed by atoms with Crippen molar-refractivity contribution in [1.82, 2.24) is 5.32 Å². The predicted octanol–water partition coefficient (Wildman–Crippen LogP) is 5.46. The molecule has 0 heterocycles. The molecule has 0 aliphatic heterocycles. The van der Waals surface area contributed by atoms with Gasteiger partial charge in [-0.05, 0) is 60.7 Å². The fourth-order valence-corrected chi connectivity index (χ4v) is 8.43. The largest absolute Gasteiger partial charge is 0.497 e. The van der Waals surface area contributed by atoms with Crippen molar-refractivity contribution in [2.75, 3.05) is 7.11 Å². The van der Waals surface area contributed by atoms with Crippen LogP contribution in [0.15, 0.2) is 126 Å². The molecule has 5 heteroatoms. The number of nitrogens with one attached hydrogen (secondary N) is 1. The van der Waals surface area contributed by atoms with Crippen LogP contribution in [0.5, 0.6) is 5.75 Å². The molecule has 0 atom stereocenters. The molecule has 3 nitrogen and oxygen atoms in total. The zero-order valence-electron chi connectivity index (χ0n) is 18.2. The lowest BCUT2D eigenvalue weighted by atomic mass is 10.2. The summed E-state index contributed by atoms with van der Waals surface area (Å²) in [5, 5.41) is 6.46. The van der Waals surface area contributed by atoms with Crippen LogP contribution >= 0.6 is 18.9 Å². The first kappa shape index (κ1) is 22.8. The number of carbonyl (C=O) groups is 1. The van der Waals surface area contributed by atoms with Gasteiger partial charge >= 0.3 is 0 Å². The molecule has 0 fully saturated rings. The monoisotopic (exact) mass is 472 g/mol. The van der Waals surface area contributed by atoms with Gasteiger partial charge in [-0.15, -0.1) is 0 Å². The number of halogens is 1. The molecule has 4 aromatic carbocycles. The van der Waals surface area contributed by atoms with Crippen LogP contribution in [0.25, 0.3) is 0 Å². The highest BCUT2D eigenvalue weighted by Crippen LogP contribution is 2.61. The summed E-state index contributed by atoms with van der Waals surface area (Å²) in [4.78, 5) is 13.3. The van der Waals surface area contributed by atoms with Gasteiger partial charge in [0, 0.05) is 5.56 Å². The molecular formula is C28H24ClNO2P+. The number of methoxy groups -OCH3 is 1. The van der Waals surface area contributed by atoms with Crippen LogP contribution in [-0.4, -0.2) is 13.0 Å². The number of rotatable bonds is 7. The highest BCUT2D eigenvalue weighted by molar-refractivity contribution is 7.99. The van der Waals surface area contributed by atoms with Gasteiger partial charge in [-0.1, -0.05) is 66.2 Å². The van der Waals surface area contributed by atoms with E-state index in [-0.39, 0.29) is 5.91 Å². The van der Waals surface area contributed by atoms with Crippen molar-refractivity contribution in [3.05, 3.63) is 132 Å². The van der Waals surface area contributed by atoms with Crippen LogP contribution < -0.4 is 26.0 Å². The summed E-state index contributed by atoms with van der Waals surface area (Å²) < 4.78 is 5.22. The van der Waals surface area contributed by atoms with Crippen molar-refractivity contribution in [1.29, 1.82) is 0 Å². The summed E-state index contributed by atoms with van der Waals surface area (Å²) in [5.41, 5.74) is 2.72. The first-order valence-electron chi connectivity index (χ1n) is 10.5. The summed E-state index contributed by atoms with van der Waals surface area (Å²) in [6.45, 7) is 0. The smallest absolute Gasteiger partial charge is 0.258 e. The van der Waals surface area contributed by atoms with Gasteiger partial charge in [0.15, 0.2) is 12.7 Å². The average Bonchev–Trinajstić information content (AvgIpc) is 2.90. The van der Waals surface area contributed by atoms with Gasteiger partial charge in [-0.25, -0.2) is 0 Å². The minimum atomic E-state index is -2.48. The maximum Gasteiger partial charge on any atom is 0.258 e. The number of hydrogen-bond acceptors (Lipinski definition) is 2. The normalized spacial score (nSPS) is 11.6. The van der Waals surface area contributed by atoms with Gasteiger partial charge in [0.1, 0.15) is 21.7 Å². The van der Waals surface area contributed by atoms with Crippen molar-refractivity contribution < 1.29 is 9.53 Å². The minimum Gasteiger partial charge on any atom is -0.497 e. The van der Waals surface area contributed by atoms with Crippen LogP contribution in [0.4, 0.5) is 0 Å². The van der Waals surface area contributed by atoms with E-state index in [0.29, 0.717) is 16.8 Å². The molecule has 33 heavy (non-hydrogen) atoms. The summed E-state index contributed by atoms with van der Waals surface area (Å²) in [7, 11) is -0.881. The van der Waals surface area contributed by atoms with E-state index in [9.17, 15) is 4.79 Å².